The predicted octanol–water partition coefficient (Wildman–Crippen LogP) is 3.84. The molecule has 0 aliphatic carbocycles. The maximum absolute atomic E-state index is 14.2. The second-order valence-corrected chi connectivity index (χ2v) is 9.00. The largest absolute Gasteiger partial charge is 0.369 e. The van der Waals surface area contributed by atoms with E-state index in [1.54, 1.807) is 23.9 Å². The third-order valence-electron chi connectivity index (χ3n) is 6.03. The summed E-state index contributed by atoms with van der Waals surface area (Å²) in [6, 6.07) is 13.2. The maximum Gasteiger partial charge on any atom is 0.237 e. The fourth-order valence-electron chi connectivity index (χ4n) is 4.17. The zero-order valence-corrected chi connectivity index (χ0v) is 17.9. The third kappa shape index (κ3) is 4.28. The van der Waals surface area contributed by atoms with E-state index >= 15 is 0 Å². The number of nitrogens with zero attached hydrogens (tertiary/aromatic N) is 3. The second kappa shape index (κ2) is 8.76. The zero-order chi connectivity index (χ0) is 20.4. The number of carbonyl (C=O) groups is 1. The van der Waals surface area contributed by atoms with Crippen molar-refractivity contribution in [1.82, 2.24) is 9.80 Å². The van der Waals surface area contributed by atoms with Crippen LogP contribution in [0.15, 0.2) is 42.5 Å². The summed E-state index contributed by atoms with van der Waals surface area (Å²) in [7, 11) is 0. The van der Waals surface area contributed by atoms with Gasteiger partial charge in [-0.05, 0) is 37.1 Å². The predicted molar refractivity (Wildman–Crippen MR) is 118 cm³/mol. The molecule has 154 valence electrons. The van der Waals surface area contributed by atoms with E-state index in [0.717, 1.165) is 31.9 Å². The monoisotopic (exact) mass is 413 g/mol. The van der Waals surface area contributed by atoms with E-state index in [1.807, 2.05) is 11.0 Å². The molecule has 2 fully saturated rings. The number of benzene rings is 2. The summed E-state index contributed by atoms with van der Waals surface area (Å²) < 4.78 is 14.2. The average molecular weight is 414 g/mol. The van der Waals surface area contributed by atoms with Gasteiger partial charge < -0.3 is 9.80 Å². The molecule has 0 unspecified atom stereocenters. The molecule has 2 saturated heterocycles. The van der Waals surface area contributed by atoms with Gasteiger partial charge in [-0.1, -0.05) is 30.3 Å². The van der Waals surface area contributed by atoms with Crippen LogP contribution in [0.5, 0.6) is 0 Å². The van der Waals surface area contributed by atoms with Crippen LogP contribution in [0.3, 0.4) is 0 Å². The van der Waals surface area contributed by atoms with Crippen molar-refractivity contribution in [2.24, 2.45) is 0 Å². The summed E-state index contributed by atoms with van der Waals surface area (Å²) in [6.45, 7) is 8.99. The maximum atomic E-state index is 14.2. The number of anilines is 1. The van der Waals surface area contributed by atoms with Crippen LogP contribution in [0.1, 0.15) is 22.1 Å². The standard InChI is InChI=1S/C23H28FN3OS/c1-17-6-5-9-21(18(17)2)26-12-10-25(11-13-26)16-22(28)27-14-15-29-23(27)19-7-3-4-8-20(19)24/h3-9,23H,10-16H2,1-2H3/t23-/m1/s1. The van der Waals surface area contributed by atoms with Crippen molar-refractivity contribution < 1.29 is 9.18 Å². The Bertz CT molecular complexity index is 882. The highest BCUT2D eigenvalue weighted by Gasteiger charge is 2.33. The summed E-state index contributed by atoms with van der Waals surface area (Å²) in [4.78, 5) is 19.5. The topological polar surface area (TPSA) is 26.8 Å². The van der Waals surface area contributed by atoms with Crippen molar-refractivity contribution in [1.29, 1.82) is 0 Å². The fourth-order valence-corrected chi connectivity index (χ4v) is 5.46. The normalized spacial score (nSPS) is 20.3. The van der Waals surface area contributed by atoms with Gasteiger partial charge in [-0.2, -0.15) is 0 Å². The molecule has 0 N–H and O–H groups in total. The summed E-state index contributed by atoms with van der Waals surface area (Å²) in [5, 5.41) is -0.208. The van der Waals surface area contributed by atoms with Crippen LogP contribution in [0.25, 0.3) is 0 Å². The number of aryl methyl sites for hydroxylation is 1. The molecule has 29 heavy (non-hydrogen) atoms. The van der Waals surface area contributed by atoms with E-state index in [2.05, 4.69) is 41.8 Å². The Hall–Kier alpha value is -2.05. The van der Waals surface area contributed by atoms with Gasteiger partial charge >= 0.3 is 0 Å². The number of piperazine rings is 1. The lowest BCUT2D eigenvalue weighted by Gasteiger charge is -2.37. The van der Waals surface area contributed by atoms with Crippen molar-refractivity contribution in [3.8, 4) is 0 Å². The number of amides is 1. The van der Waals surface area contributed by atoms with Crippen LogP contribution in [0.2, 0.25) is 0 Å². The molecular formula is C23H28FN3OS. The van der Waals surface area contributed by atoms with Crippen LogP contribution < -0.4 is 4.90 Å². The minimum absolute atomic E-state index is 0.100. The lowest BCUT2D eigenvalue weighted by molar-refractivity contribution is -0.132. The van der Waals surface area contributed by atoms with Crippen LogP contribution in [-0.2, 0) is 4.79 Å². The smallest absolute Gasteiger partial charge is 0.237 e. The summed E-state index contributed by atoms with van der Waals surface area (Å²) >= 11 is 1.65. The SMILES string of the molecule is Cc1cccc(N2CCN(CC(=O)N3CCS[C@@H]3c3ccccc3F)CC2)c1C. The molecule has 1 amide bonds. The molecule has 2 heterocycles. The molecular weight excluding hydrogens is 385 g/mol. The van der Waals surface area contributed by atoms with Crippen LogP contribution in [0, 0.1) is 19.7 Å². The molecule has 0 radical (unpaired) electrons. The average Bonchev–Trinajstić information content (AvgIpc) is 3.21. The summed E-state index contributed by atoms with van der Waals surface area (Å²) in [5.41, 5.74) is 4.55. The Morgan fingerprint density at radius 1 is 1.03 bits per heavy atom. The van der Waals surface area contributed by atoms with E-state index < -0.39 is 0 Å². The molecule has 0 saturated carbocycles. The van der Waals surface area contributed by atoms with Gasteiger partial charge in [-0.15, -0.1) is 11.8 Å². The zero-order valence-electron chi connectivity index (χ0n) is 17.1. The highest BCUT2D eigenvalue weighted by atomic mass is 32.2. The van der Waals surface area contributed by atoms with Gasteiger partial charge in [-0.3, -0.25) is 9.69 Å². The van der Waals surface area contributed by atoms with Gasteiger partial charge in [0.15, 0.2) is 0 Å². The number of carbonyl (C=O) groups excluding carboxylic acids is 1. The summed E-state index contributed by atoms with van der Waals surface area (Å²) in [6.07, 6.45) is 0. The Morgan fingerprint density at radius 2 is 1.79 bits per heavy atom. The number of thioether (sulfide) groups is 1. The van der Waals surface area contributed by atoms with E-state index in [-0.39, 0.29) is 17.1 Å². The number of hydrogen-bond donors (Lipinski definition) is 0. The van der Waals surface area contributed by atoms with Crippen molar-refractivity contribution >= 4 is 23.4 Å². The highest BCUT2D eigenvalue weighted by molar-refractivity contribution is 7.99. The van der Waals surface area contributed by atoms with Crippen molar-refractivity contribution in [3.05, 3.63) is 65.0 Å². The lowest BCUT2D eigenvalue weighted by Crippen LogP contribution is -2.50. The Labute approximate surface area is 176 Å². The van der Waals surface area contributed by atoms with Crippen molar-refractivity contribution in [2.45, 2.75) is 19.2 Å². The Morgan fingerprint density at radius 3 is 2.55 bits per heavy atom. The number of rotatable bonds is 4. The van der Waals surface area contributed by atoms with Gasteiger partial charge in [0.05, 0.1) is 6.54 Å². The van der Waals surface area contributed by atoms with E-state index in [1.165, 1.54) is 22.9 Å². The van der Waals surface area contributed by atoms with Crippen LogP contribution in [0.4, 0.5) is 10.1 Å². The molecule has 2 aliphatic heterocycles. The molecule has 1 atom stereocenters. The first-order valence-corrected chi connectivity index (χ1v) is 11.3. The molecule has 0 bridgehead atoms. The fraction of sp³-hybridized carbons (Fsp3) is 0.435. The first kappa shape index (κ1) is 20.2. The van der Waals surface area contributed by atoms with Crippen LogP contribution >= 0.6 is 11.8 Å². The van der Waals surface area contributed by atoms with Gasteiger partial charge in [0.25, 0.3) is 0 Å². The lowest BCUT2D eigenvalue weighted by atomic mass is 10.1. The summed E-state index contributed by atoms with van der Waals surface area (Å²) in [5.74, 6) is 0.723. The molecule has 6 heteroatoms. The van der Waals surface area contributed by atoms with E-state index in [0.29, 0.717) is 18.7 Å². The second-order valence-electron chi connectivity index (χ2n) is 7.81. The molecule has 2 aromatic carbocycles. The van der Waals surface area contributed by atoms with Gasteiger partial charge in [0.2, 0.25) is 5.91 Å². The first-order valence-electron chi connectivity index (χ1n) is 10.2. The third-order valence-corrected chi connectivity index (χ3v) is 7.27. The number of halogens is 1. The minimum Gasteiger partial charge on any atom is -0.369 e. The minimum atomic E-state index is -0.230. The molecule has 4 nitrogen and oxygen atoms in total. The Kier molecular flexibility index (Phi) is 6.11. The molecule has 4 rings (SSSR count). The van der Waals surface area contributed by atoms with Crippen molar-refractivity contribution in [2.75, 3.05) is 49.9 Å². The highest BCUT2D eigenvalue weighted by Crippen LogP contribution is 2.39. The van der Waals surface area contributed by atoms with E-state index in [4.69, 9.17) is 0 Å². The van der Waals surface area contributed by atoms with Gasteiger partial charge in [0.1, 0.15) is 11.2 Å². The quantitative estimate of drug-likeness (QED) is 0.761. The van der Waals surface area contributed by atoms with Crippen LogP contribution in [-0.4, -0.2) is 60.7 Å². The first-order chi connectivity index (χ1) is 14.0. The van der Waals surface area contributed by atoms with Crippen molar-refractivity contribution in [3.63, 3.8) is 0 Å². The van der Waals surface area contributed by atoms with Gasteiger partial charge in [0, 0.05) is 49.7 Å². The molecule has 2 aliphatic rings. The molecule has 0 spiro atoms. The molecule has 0 aromatic heterocycles. The number of hydrogen-bond acceptors (Lipinski definition) is 4. The molecule has 2 aromatic rings. The Balaban J connectivity index is 1.36. The van der Waals surface area contributed by atoms with E-state index in [9.17, 15) is 9.18 Å². The van der Waals surface area contributed by atoms with Gasteiger partial charge in [-0.25, -0.2) is 4.39 Å².